The number of thioether (sulfide) groups is 1. The second-order valence-electron chi connectivity index (χ2n) is 3.07. The Morgan fingerprint density at radius 3 is 2.46 bits per heavy atom. The van der Waals surface area contributed by atoms with E-state index >= 15 is 0 Å². The molecule has 0 aliphatic rings. The lowest BCUT2D eigenvalue weighted by molar-refractivity contribution is 0.733. The molecule has 0 amide bonds. The van der Waals surface area contributed by atoms with E-state index in [0.717, 1.165) is 11.3 Å². The lowest BCUT2D eigenvalue weighted by Crippen LogP contribution is -1.89. The third-order valence-corrected chi connectivity index (χ3v) is 2.82. The molecule has 0 aromatic heterocycles. The Balaban J connectivity index is 2.76. The van der Waals surface area contributed by atoms with Crippen LogP contribution in [0.2, 0.25) is 0 Å². The number of thiocyanates is 1. The van der Waals surface area contributed by atoms with Crippen LogP contribution < -0.4 is 0 Å². The highest BCUT2D eigenvalue weighted by Gasteiger charge is 2.01. The van der Waals surface area contributed by atoms with E-state index in [1.165, 1.54) is 17.3 Å². The first-order valence-electron chi connectivity index (χ1n) is 4.43. The average molecular weight is 191 g/mol. The van der Waals surface area contributed by atoms with Crippen LogP contribution in [0.25, 0.3) is 0 Å². The fraction of sp³-hybridized carbons (Fsp3) is 0.364. The Labute approximate surface area is 83.8 Å². The van der Waals surface area contributed by atoms with Crippen LogP contribution in [0.4, 0.5) is 0 Å². The number of hydrogen-bond acceptors (Lipinski definition) is 2. The van der Waals surface area contributed by atoms with Gasteiger partial charge in [-0.3, -0.25) is 0 Å². The second kappa shape index (κ2) is 4.94. The first kappa shape index (κ1) is 10.1. The zero-order chi connectivity index (χ0) is 9.68. The first-order chi connectivity index (χ1) is 6.27. The molecule has 0 spiro atoms. The van der Waals surface area contributed by atoms with Crippen molar-refractivity contribution in [2.24, 2.45) is 0 Å². The minimum Gasteiger partial charge on any atom is -0.185 e. The van der Waals surface area contributed by atoms with Gasteiger partial charge in [-0.05, 0) is 41.8 Å². The summed E-state index contributed by atoms with van der Waals surface area (Å²) in [7, 11) is 0. The molecule has 68 valence electrons. The topological polar surface area (TPSA) is 23.8 Å². The van der Waals surface area contributed by atoms with E-state index < -0.39 is 0 Å². The predicted octanol–water partition coefficient (Wildman–Crippen LogP) is 3.77. The normalized spacial score (nSPS) is 12.1. The maximum Gasteiger partial charge on any atom is 0.138 e. The van der Waals surface area contributed by atoms with E-state index in [1.54, 1.807) is 0 Å². The van der Waals surface area contributed by atoms with Crippen molar-refractivity contribution in [3.63, 3.8) is 0 Å². The van der Waals surface area contributed by atoms with Crippen molar-refractivity contribution in [2.75, 3.05) is 0 Å². The van der Waals surface area contributed by atoms with Gasteiger partial charge in [-0.25, -0.2) is 0 Å². The number of rotatable bonds is 3. The molecule has 0 saturated heterocycles. The largest absolute Gasteiger partial charge is 0.185 e. The molecule has 1 atom stereocenters. The minimum atomic E-state index is 0.612. The van der Waals surface area contributed by atoms with Crippen LogP contribution >= 0.6 is 11.8 Å². The van der Waals surface area contributed by atoms with Crippen LogP contribution in [-0.4, -0.2) is 0 Å². The fourth-order valence-corrected chi connectivity index (χ4v) is 1.53. The standard InChI is InChI=1S/C11H13NS/c1-3-9(2)10-4-6-11(7-5-10)13-8-12/h4-7,9H,3H2,1-2H3. The van der Waals surface area contributed by atoms with Crippen molar-refractivity contribution in [3.05, 3.63) is 29.8 Å². The van der Waals surface area contributed by atoms with E-state index in [-0.39, 0.29) is 0 Å². The minimum absolute atomic E-state index is 0.612. The number of hydrogen-bond donors (Lipinski definition) is 0. The molecule has 1 unspecified atom stereocenters. The third-order valence-electron chi connectivity index (χ3n) is 2.23. The molecular formula is C11H13NS. The highest BCUT2D eigenvalue weighted by Crippen LogP contribution is 2.22. The zero-order valence-electron chi connectivity index (χ0n) is 7.95. The average Bonchev–Trinajstić information content (AvgIpc) is 2.18. The lowest BCUT2D eigenvalue weighted by atomic mass is 9.99. The van der Waals surface area contributed by atoms with E-state index in [0.29, 0.717) is 5.92 Å². The van der Waals surface area contributed by atoms with Crippen LogP contribution in [0.5, 0.6) is 0 Å². The number of nitriles is 1. The maximum atomic E-state index is 8.46. The lowest BCUT2D eigenvalue weighted by Gasteiger charge is -2.08. The molecule has 13 heavy (non-hydrogen) atoms. The zero-order valence-corrected chi connectivity index (χ0v) is 8.77. The van der Waals surface area contributed by atoms with Crippen molar-refractivity contribution < 1.29 is 0 Å². The molecule has 1 aromatic carbocycles. The molecule has 0 N–H and O–H groups in total. The SMILES string of the molecule is CCC(C)c1ccc(SC#N)cc1. The van der Waals surface area contributed by atoms with Gasteiger partial charge < -0.3 is 0 Å². The molecule has 2 heteroatoms. The summed E-state index contributed by atoms with van der Waals surface area (Å²) in [5.41, 5.74) is 1.35. The van der Waals surface area contributed by atoms with Crippen molar-refractivity contribution in [3.8, 4) is 5.40 Å². The number of benzene rings is 1. The molecule has 0 fully saturated rings. The Morgan fingerprint density at radius 2 is 2.00 bits per heavy atom. The van der Waals surface area contributed by atoms with Gasteiger partial charge in [0.2, 0.25) is 0 Å². The third kappa shape index (κ3) is 2.78. The Bertz CT molecular complexity index is 297. The van der Waals surface area contributed by atoms with Crippen molar-refractivity contribution in [2.45, 2.75) is 31.1 Å². The molecule has 0 bridgehead atoms. The molecule has 0 aliphatic heterocycles. The van der Waals surface area contributed by atoms with E-state index in [4.69, 9.17) is 5.26 Å². The predicted molar refractivity (Wildman–Crippen MR) is 56.6 cm³/mol. The first-order valence-corrected chi connectivity index (χ1v) is 5.25. The van der Waals surface area contributed by atoms with Crippen molar-refractivity contribution in [1.82, 2.24) is 0 Å². The summed E-state index contributed by atoms with van der Waals surface area (Å²) in [5, 5.41) is 10.5. The molecule has 1 aromatic rings. The van der Waals surface area contributed by atoms with Gasteiger partial charge in [0.05, 0.1) is 0 Å². The van der Waals surface area contributed by atoms with Gasteiger partial charge >= 0.3 is 0 Å². The summed E-state index contributed by atoms with van der Waals surface area (Å²) in [5.74, 6) is 0.612. The monoisotopic (exact) mass is 191 g/mol. The number of nitrogens with zero attached hydrogens (tertiary/aromatic N) is 1. The van der Waals surface area contributed by atoms with Gasteiger partial charge in [0.1, 0.15) is 5.40 Å². The van der Waals surface area contributed by atoms with E-state index in [9.17, 15) is 0 Å². The van der Waals surface area contributed by atoms with Crippen molar-refractivity contribution in [1.29, 1.82) is 5.26 Å². The van der Waals surface area contributed by atoms with Gasteiger partial charge in [0.25, 0.3) is 0 Å². The van der Waals surface area contributed by atoms with Crippen LogP contribution in [0.3, 0.4) is 0 Å². The van der Waals surface area contributed by atoms with Crippen LogP contribution in [0.15, 0.2) is 29.2 Å². The summed E-state index contributed by atoms with van der Waals surface area (Å²) < 4.78 is 0. The highest BCUT2D eigenvalue weighted by molar-refractivity contribution is 8.03. The summed E-state index contributed by atoms with van der Waals surface area (Å²) in [6, 6.07) is 8.23. The Kier molecular flexibility index (Phi) is 3.85. The van der Waals surface area contributed by atoms with Crippen LogP contribution in [0, 0.1) is 10.7 Å². The highest BCUT2D eigenvalue weighted by atomic mass is 32.2. The maximum absolute atomic E-state index is 8.46. The van der Waals surface area contributed by atoms with E-state index in [2.05, 4.69) is 31.4 Å². The van der Waals surface area contributed by atoms with Crippen LogP contribution in [-0.2, 0) is 0 Å². The summed E-state index contributed by atoms with van der Waals surface area (Å²) in [6.07, 6.45) is 1.16. The summed E-state index contributed by atoms with van der Waals surface area (Å²) in [6.45, 7) is 4.40. The second-order valence-corrected chi connectivity index (χ2v) is 3.93. The summed E-state index contributed by atoms with van der Waals surface area (Å²) in [4.78, 5) is 1.02. The quantitative estimate of drug-likeness (QED) is 0.536. The van der Waals surface area contributed by atoms with Gasteiger partial charge in [-0.2, -0.15) is 5.26 Å². The van der Waals surface area contributed by atoms with Crippen molar-refractivity contribution >= 4 is 11.8 Å². The fourth-order valence-electron chi connectivity index (χ4n) is 1.15. The molecular weight excluding hydrogens is 178 g/mol. The van der Waals surface area contributed by atoms with Gasteiger partial charge in [-0.1, -0.05) is 26.0 Å². The summed E-state index contributed by atoms with van der Waals surface area (Å²) >= 11 is 1.21. The molecule has 0 saturated carbocycles. The van der Waals surface area contributed by atoms with Gasteiger partial charge in [0, 0.05) is 4.90 Å². The molecule has 1 nitrogen and oxygen atoms in total. The smallest absolute Gasteiger partial charge is 0.138 e. The Hall–Kier alpha value is -0.940. The Morgan fingerprint density at radius 1 is 1.38 bits per heavy atom. The van der Waals surface area contributed by atoms with E-state index in [1.807, 2.05) is 12.1 Å². The van der Waals surface area contributed by atoms with Gasteiger partial charge in [0.15, 0.2) is 0 Å². The molecule has 1 rings (SSSR count). The van der Waals surface area contributed by atoms with Crippen LogP contribution in [0.1, 0.15) is 31.7 Å². The molecule has 0 radical (unpaired) electrons. The molecule has 0 heterocycles. The van der Waals surface area contributed by atoms with Gasteiger partial charge in [-0.15, -0.1) is 0 Å². The molecule has 0 aliphatic carbocycles.